The number of hydrogen-bond acceptors (Lipinski definition) is 3. The molecule has 1 aliphatic heterocycles. The Hall–Kier alpha value is -3.39. The zero-order valence-electron chi connectivity index (χ0n) is 16.1. The van der Waals surface area contributed by atoms with Crippen LogP contribution < -0.4 is 10.2 Å². The van der Waals surface area contributed by atoms with Crippen molar-refractivity contribution in [2.45, 2.75) is 12.8 Å². The molecule has 0 bridgehead atoms. The number of hydrogen-bond donors (Lipinski definition) is 1. The average molecular weight is 446 g/mol. The van der Waals surface area contributed by atoms with Crippen molar-refractivity contribution in [1.82, 2.24) is 4.98 Å². The van der Waals surface area contributed by atoms with Gasteiger partial charge in [-0.1, -0.05) is 17.7 Å². The third kappa shape index (κ3) is 3.86. The van der Waals surface area contributed by atoms with Gasteiger partial charge in [-0.3, -0.25) is 14.6 Å². The number of carbonyl (C=O) groups is 2. The summed E-state index contributed by atoms with van der Waals surface area (Å²) in [5.41, 5.74) is 0.685. The van der Waals surface area contributed by atoms with Crippen LogP contribution in [0.15, 0.2) is 48.7 Å². The van der Waals surface area contributed by atoms with Crippen LogP contribution in [-0.4, -0.2) is 23.3 Å². The molecule has 1 aliphatic rings. The van der Waals surface area contributed by atoms with Crippen LogP contribution in [0.3, 0.4) is 0 Å². The van der Waals surface area contributed by atoms with Crippen LogP contribution in [0, 0.1) is 17.5 Å². The smallest absolute Gasteiger partial charge is 0.244 e. The van der Waals surface area contributed by atoms with E-state index in [1.165, 1.54) is 18.3 Å². The Kier molecular flexibility index (Phi) is 5.41. The van der Waals surface area contributed by atoms with Crippen molar-refractivity contribution in [3.05, 3.63) is 76.8 Å². The number of benzene rings is 2. The van der Waals surface area contributed by atoms with E-state index in [0.29, 0.717) is 17.3 Å². The largest absolute Gasteiger partial charge is 0.324 e. The summed E-state index contributed by atoms with van der Waals surface area (Å²) in [7, 11) is 0. The molecular weight excluding hydrogens is 431 g/mol. The Labute approximate surface area is 180 Å². The Morgan fingerprint density at radius 3 is 2.68 bits per heavy atom. The molecule has 2 aromatic carbocycles. The van der Waals surface area contributed by atoms with E-state index in [4.69, 9.17) is 11.6 Å². The minimum atomic E-state index is -0.894. The van der Waals surface area contributed by atoms with Gasteiger partial charge in [0.1, 0.15) is 24.0 Å². The van der Waals surface area contributed by atoms with Crippen LogP contribution in [0.2, 0.25) is 5.02 Å². The monoisotopic (exact) mass is 445 g/mol. The van der Waals surface area contributed by atoms with Gasteiger partial charge in [0.25, 0.3) is 0 Å². The van der Waals surface area contributed by atoms with Crippen LogP contribution in [0.4, 0.5) is 24.5 Å². The van der Waals surface area contributed by atoms with Crippen LogP contribution in [0.25, 0.3) is 11.1 Å². The van der Waals surface area contributed by atoms with Gasteiger partial charge in [-0.2, -0.15) is 0 Å². The molecule has 2 amide bonds. The number of fused-ring (bicyclic) bond motifs is 3. The molecule has 9 heteroatoms. The SMILES string of the molecule is CC1C(=O)N(CC(=O)Nc2ccc(Cl)c(F)c2)c2cc(F)cc(F)c2-c2cccnc21. The van der Waals surface area contributed by atoms with Crippen LogP contribution in [0.1, 0.15) is 18.5 Å². The second-order valence-electron chi connectivity index (χ2n) is 7.04. The molecule has 3 aromatic rings. The summed E-state index contributed by atoms with van der Waals surface area (Å²) in [5.74, 6) is -4.55. The van der Waals surface area contributed by atoms with E-state index in [1.54, 1.807) is 19.1 Å². The molecule has 0 aliphatic carbocycles. The van der Waals surface area contributed by atoms with Gasteiger partial charge >= 0.3 is 0 Å². The molecule has 5 nitrogen and oxygen atoms in total. The van der Waals surface area contributed by atoms with Crippen LogP contribution in [0.5, 0.6) is 0 Å². The average Bonchev–Trinajstić information content (AvgIpc) is 2.80. The predicted octanol–water partition coefficient (Wildman–Crippen LogP) is 4.91. The van der Waals surface area contributed by atoms with Gasteiger partial charge in [-0.05, 0) is 37.3 Å². The van der Waals surface area contributed by atoms with Crippen LogP contribution in [-0.2, 0) is 9.59 Å². The minimum absolute atomic E-state index is 0.0208. The number of rotatable bonds is 3. The van der Waals surface area contributed by atoms with Gasteiger partial charge in [0.15, 0.2) is 0 Å². The zero-order valence-corrected chi connectivity index (χ0v) is 16.9. The lowest BCUT2D eigenvalue weighted by Gasteiger charge is -2.24. The molecule has 1 N–H and O–H groups in total. The topological polar surface area (TPSA) is 62.3 Å². The lowest BCUT2D eigenvalue weighted by atomic mass is 9.97. The molecule has 0 saturated carbocycles. The first-order valence-electron chi connectivity index (χ1n) is 9.27. The molecule has 1 atom stereocenters. The maximum Gasteiger partial charge on any atom is 0.244 e. The Balaban J connectivity index is 1.75. The van der Waals surface area contributed by atoms with Crippen molar-refractivity contribution in [1.29, 1.82) is 0 Å². The Bertz CT molecular complexity index is 1220. The first-order valence-corrected chi connectivity index (χ1v) is 9.64. The van der Waals surface area contributed by atoms with Crippen molar-refractivity contribution in [2.24, 2.45) is 0 Å². The maximum absolute atomic E-state index is 14.8. The summed E-state index contributed by atoms with van der Waals surface area (Å²) in [5, 5.41) is 2.35. The van der Waals surface area contributed by atoms with Gasteiger partial charge in [0.2, 0.25) is 11.8 Å². The number of halogens is 4. The first kappa shape index (κ1) is 20.9. The van der Waals surface area contributed by atoms with Gasteiger partial charge < -0.3 is 10.2 Å². The molecule has 1 unspecified atom stereocenters. The summed E-state index contributed by atoms with van der Waals surface area (Å²) in [4.78, 5) is 31.0. The van der Waals surface area contributed by atoms with Crippen molar-refractivity contribution < 1.29 is 22.8 Å². The highest BCUT2D eigenvalue weighted by molar-refractivity contribution is 6.30. The third-order valence-electron chi connectivity index (χ3n) is 4.98. The van der Waals surface area contributed by atoms with E-state index in [2.05, 4.69) is 10.3 Å². The van der Waals surface area contributed by atoms with E-state index in [0.717, 1.165) is 17.0 Å². The number of nitrogens with zero attached hydrogens (tertiary/aromatic N) is 2. The molecule has 0 spiro atoms. The van der Waals surface area contributed by atoms with Gasteiger partial charge in [0.05, 0.1) is 22.3 Å². The normalized spacial score (nSPS) is 15.2. The summed E-state index contributed by atoms with van der Waals surface area (Å²) in [6.07, 6.45) is 1.47. The van der Waals surface area contributed by atoms with E-state index >= 15 is 0 Å². The number of pyridine rings is 1. The fourth-order valence-electron chi connectivity index (χ4n) is 3.56. The highest BCUT2D eigenvalue weighted by atomic mass is 35.5. The van der Waals surface area contributed by atoms with Crippen molar-refractivity contribution in [3.63, 3.8) is 0 Å². The molecule has 0 saturated heterocycles. The molecule has 1 aromatic heterocycles. The fourth-order valence-corrected chi connectivity index (χ4v) is 3.68. The third-order valence-corrected chi connectivity index (χ3v) is 5.29. The molecule has 0 fully saturated rings. The van der Waals surface area contributed by atoms with E-state index in [1.807, 2.05) is 0 Å². The second kappa shape index (κ2) is 8.03. The molecular formula is C22H15ClF3N3O2. The van der Waals surface area contributed by atoms with E-state index in [-0.39, 0.29) is 22.0 Å². The standard InChI is InChI=1S/C22H15ClF3N3O2/c1-11-21-14(3-2-6-27-21)20-17(26)7-12(24)8-18(20)29(22(11)31)10-19(30)28-13-4-5-15(23)16(25)9-13/h2-9,11H,10H2,1H3,(H,28,30). The molecule has 31 heavy (non-hydrogen) atoms. The van der Waals surface area contributed by atoms with Gasteiger partial charge in [-0.15, -0.1) is 0 Å². The van der Waals surface area contributed by atoms with Crippen molar-refractivity contribution in [3.8, 4) is 11.1 Å². The number of amides is 2. The van der Waals surface area contributed by atoms with E-state index in [9.17, 15) is 22.8 Å². The highest BCUT2D eigenvalue weighted by Gasteiger charge is 2.35. The molecule has 0 radical (unpaired) electrons. The minimum Gasteiger partial charge on any atom is -0.324 e. The van der Waals surface area contributed by atoms with Crippen LogP contribution >= 0.6 is 11.6 Å². The summed E-state index contributed by atoms with van der Waals surface area (Å²) in [6.45, 7) is 1.03. The predicted molar refractivity (Wildman–Crippen MR) is 110 cm³/mol. The highest BCUT2D eigenvalue weighted by Crippen LogP contribution is 2.41. The second-order valence-corrected chi connectivity index (χ2v) is 7.45. The van der Waals surface area contributed by atoms with Gasteiger partial charge in [-0.25, -0.2) is 13.2 Å². The summed E-state index contributed by atoms with van der Waals surface area (Å²) < 4.78 is 42.6. The first-order chi connectivity index (χ1) is 14.8. The summed E-state index contributed by atoms with van der Waals surface area (Å²) >= 11 is 5.64. The maximum atomic E-state index is 14.8. The number of carbonyl (C=O) groups excluding carboxylic acids is 2. The van der Waals surface area contributed by atoms with E-state index < -0.39 is 41.7 Å². The number of aromatic nitrogens is 1. The molecule has 2 heterocycles. The quantitative estimate of drug-likeness (QED) is 0.623. The van der Waals surface area contributed by atoms with Crippen molar-refractivity contribution in [2.75, 3.05) is 16.8 Å². The number of anilines is 2. The van der Waals surface area contributed by atoms with Gasteiger partial charge in [0, 0.05) is 29.1 Å². The number of nitrogens with one attached hydrogen (secondary N) is 1. The molecule has 158 valence electrons. The van der Waals surface area contributed by atoms with Crippen molar-refractivity contribution >= 4 is 34.8 Å². The lowest BCUT2D eigenvalue weighted by molar-refractivity contribution is -0.122. The Morgan fingerprint density at radius 2 is 1.94 bits per heavy atom. The lowest BCUT2D eigenvalue weighted by Crippen LogP contribution is -2.40. The molecule has 4 rings (SSSR count). The summed E-state index contributed by atoms with van der Waals surface area (Å²) in [6, 6.07) is 8.58. The Morgan fingerprint density at radius 1 is 1.16 bits per heavy atom. The zero-order chi connectivity index (χ0) is 22.3. The fraction of sp³-hybridized carbons (Fsp3) is 0.136.